The molecule has 1 atom stereocenters. The van der Waals surface area contributed by atoms with Gasteiger partial charge < -0.3 is 14.8 Å². The van der Waals surface area contributed by atoms with Crippen LogP contribution in [0, 0.1) is 17.6 Å². The first-order valence-electron chi connectivity index (χ1n) is 8.51. The topological polar surface area (TPSA) is 77.0 Å². The van der Waals surface area contributed by atoms with Crippen LogP contribution in [0.25, 0.3) is 0 Å². The number of nitrogens with one attached hydrogen (secondary N) is 1. The molecule has 1 aliphatic carbocycles. The van der Waals surface area contributed by atoms with Gasteiger partial charge in [0, 0.05) is 17.7 Å². The fraction of sp³-hybridized carbons (Fsp3) is 0.250. The van der Waals surface area contributed by atoms with Crippen LogP contribution in [0.3, 0.4) is 0 Å². The van der Waals surface area contributed by atoms with Gasteiger partial charge in [0.2, 0.25) is 0 Å². The summed E-state index contributed by atoms with van der Waals surface area (Å²) in [7, 11) is 3.02. The molecule has 0 radical (unpaired) electrons. The third-order valence-electron chi connectivity index (χ3n) is 4.43. The Hall–Kier alpha value is -3.29. The number of hydrogen-bond donors (Lipinski definition) is 1. The highest BCUT2D eigenvalue weighted by Crippen LogP contribution is 2.30. The average Bonchev–Trinajstić information content (AvgIpc) is 2.69. The van der Waals surface area contributed by atoms with Gasteiger partial charge >= 0.3 is 0 Å². The highest BCUT2D eigenvalue weighted by atomic mass is 19.2. The van der Waals surface area contributed by atoms with Crippen LogP contribution in [0.15, 0.2) is 58.5 Å². The Labute approximate surface area is 160 Å². The molecule has 6 nitrogen and oxygen atoms in total. The van der Waals surface area contributed by atoms with E-state index in [1.54, 1.807) is 18.2 Å². The van der Waals surface area contributed by atoms with E-state index in [0.717, 1.165) is 12.1 Å². The Kier molecular flexibility index (Phi) is 5.67. The Balaban J connectivity index is 1.67. The fourth-order valence-electron chi connectivity index (χ4n) is 2.98. The lowest BCUT2D eigenvalue weighted by atomic mass is 9.89. The molecule has 1 aliphatic heterocycles. The number of allylic oxidation sites excluding steroid dienone is 4. The number of carbonyl (C=O) groups is 2. The molecule has 1 aromatic carbocycles. The zero-order valence-electron chi connectivity index (χ0n) is 15.3. The number of ether oxygens (including phenoxy) is 2. The molecule has 1 unspecified atom stereocenters. The monoisotopic (exact) mass is 388 g/mol. The molecule has 1 heterocycles. The van der Waals surface area contributed by atoms with Gasteiger partial charge in [-0.25, -0.2) is 13.8 Å². The fourth-order valence-corrected chi connectivity index (χ4v) is 2.98. The number of amides is 2. The van der Waals surface area contributed by atoms with Crippen molar-refractivity contribution in [3.8, 4) is 0 Å². The van der Waals surface area contributed by atoms with E-state index in [1.807, 2.05) is 0 Å². The number of aliphatic imine (C=N–C) groups is 1. The molecule has 8 heteroatoms. The van der Waals surface area contributed by atoms with Crippen LogP contribution in [-0.4, -0.2) is 38.3 Å². The normalized spacial score (nSPS) is 18.3. The molecule has 0 spiro atoms. The predicted molar refractivity (Wildman–Crippen MR) is 97.5 cm³/mol. The lowest BCUT2D eigenvalue weighted by Crippen LogP contribution is -2.30. The summed E-state index contributed by atoms with van der Waals surface area (Å²) in [6.07, 6.45) is 5.39. The number of hydrogen-bond acceptors (Lipinski definition) is 4. The van der Waals surface area contributed by atoms with Crippen molar-refractivity contribution < 1.29 is 27.8 Å². The summed E-state index contributed by atoms with van der Waals surface area (Å²) in [4.78, 5) is 28.5. The Morgan fingerprint density at radius 2 is 1.96 bits per heavy atom. The van der Waals surface area contributed by atoms with E-state index in [0.29, 0.717) is 22.8 Å². The smallest absolute Gasteiger partial charge is 0.273 e. The highest BCUT2D eigenvalue weighted by Gasteiger charge is 2.32. The molecule has 2 aliphatic rings. The van der Waals surface area contributed by atoms with Crippen LogP contribution in [0.4, 0.5) is 8.78 Å². The van der Waals surface area contributed by atoms with Gasteiger partial charge in [-0.2, -0.15) is 0 Å². The van der Waals surface area contributed by atoms with E-state index >= 15 is 0 Å². The standard InChI is InChI=1S/C20H18F2N2O4/c1-27-16-5-6-17(28-2)18-13(16)9-12(20(26)24-18)7-8-23-19(25)11-3-4-14(21)15(22)10-11/h3-6,9-10,13H,7-8H2,1-2H3,(H,23,25). The number of carbonyl (C=O) groups excluding carboxylic acids is 2. The van der Waals surface area contributed by atoms with E-state index in [4.69, 9.17) is 9.47 Å². The SMILES string of the molecule is COC1=CC=C(OC)C2C=C(CCNC(=O)c3ccc(F)c(F)c3)C(=O)N=C12. The zero-order chi connectivity index (χ0) is 20.3. The van der Waals surface area contributed by atoms with Gasteiger partial charge in [0.15, 0.2) is 11.6 Å². The molecule has 0 saturated carbocycles. The largest absolute Gasteiger partial charge is 0.500 e. The lowest BCUT2D eigenvalue weighted by Gasteiger charge is -2.26. The predicted octanol–water partition coefficient (Wildman–Crippen LogP) is 2.68. The molecule has 3 rings (SSSR count). The van der Waals surface area contributed by atoms with Crippen molar-refractivity contribution in [3.05, 3.63) is 70.7 Å². The second-order valence-corrected chi connectivity index (χ2v) is 6.11. The van der Waals surface area contributed by atoms with Gasteiger partial charge in [0.05, 0.1) is 20.1 Å². The van der Waals surface area contributed by atoms with Gasteiger partial charge in [0.1, 0.15) is 17.2 Å². The van der Waals surface area contributed by atoms with Crippen molar-refractivity contribution in [1.82, 2.24) is 5.32 Å². The molecule has 0 aromatic heterocycles. The minimum atomic E-state index is -1.10. The lowest BCUT2D eigenvalue weighted by molar-refractivity contribution is -0.114. The van der Waals surface area contributed by atoms with Crippen LogP contribution >= 0.6 is 0 Å². The van der Waals surface area contributed by atoms with Crippen molar-refractivity contribution in [2.75, 3.05) is 20.8 Å². The van der Waals surface area contributed by atoms with Crippen molar-refractivity contribution in [3.63, 3.8) is 0 Å². The van der Waals surface area contributed by atoms with Crippen molar-refractivity contribution in [2.45, 2.75) is 6.42 Å². The molecular weight excluding hydrogens is 370 g/mol. The summed E-state index contributed by atoms with van der Waals surface area (Å²) < 4.78 is 36.8. The number of halogens is 2. The summed E-state index contributed by atoms with van der Waals surface area (Å²) in [5, 5.41) is 2.58. The molecule has 0 bridgehead atoms. The first-order valence-corrected chi connectivity index (χ1v) is 8.51. The average molecular weight is 388 g/mol. The Bertz CT molecular complexity index is 948. The Morgan fingerprint density at radius 3 is 2.64 bits per heavy atom. The zero-order valence-corrected chi connectivity index (χ0v) is 15.3. The maximum absolute atomic E-state index is 13.2. The van der Waals surface area contributed by atoms with Gasteiger partial charge in [-0.15, -0.1) is 0 Å². The molecular formula is C20H18F2N2O4. The van der Waals surface area contributed by atoms with E-state index in [2.05, 4.69) is 10.3 Å². The van der Waals surface area contributed by atoms with E-state index in [-0.39, 0.29) is 24.4 Å². The number of nitrogens with zero attached hydrogens (tertiary/aromatic N) is 1. The van der Waals surface area contributed by atoms with Gasteiger partial charge in [0.25, 0.3) is 11.8 Å². The van der Waals surface area contributed by atoms with Crippen LogP contribution in [0.2, 0.25) is 0 Å². The minimum Gasteiger partial charge on any atom is -0.500 e. The van der Waals surface area contributed by atoms with Gasteiger partial charge in [-0.05, 0) is 36.8 Å². The Morgan fingerprint density at radius 1 is 1.18 bits per heavy atom. The number of fused-ring (bicyclic) bond motifs is 1. The third-order valence-corrected chi connectivity index (χ3v) is 4.43. The maximum atomic E-state index is 13.2. The minimum absolute atomic E-state index is 0.00471. The van der Waals surface area contributed by atoms with Crippen molar-refractivity contribution in [1.29, 1.82) is 0 Å². The first-order chi connectivity index (χ1) is 13.4. The second-order valence-electron chi connectivity index (χ2n) is 6.11. The quantitative estimate of drug-likeness (QED) is 0.813. The van der Waals surface area contributed by atoms with E-state index in [1.165, 1.54) is 20.3 Å². The molecule has 1 N–H and O–H groups in total. The van der Waals surface area contributed by atoms with Crippen LogP contribution < -0.4 is 5.32 Å². The van der Waals surface area contributed by atoms with Crippen LogP contribution in [-0.2, 0) is 14.3 Å². The second kappa shape index (κ2) is 8.16. The molecule has 0 fully saturated rings. The number of methoxy groups -OCH3 is 2. The molecule has 2 amide bonds. The molecule has 1 aromatic rings. The number of dihydropyridines is 1. The molecule has 0 saturated heterocycles. The number of benzene rings is 1. The summed E-state index contributed by atoms with van der Waals surface area (Å²) in [5.41, 5.74) is 0.885. The van der Waals surface area contributed by atoms with Gasteiger partial charge in [-0.3, -0.25) is 9.59 Å². The van der Waals surface area contributed by atoms with E-state index < -0.39 is 23.4 Å². The molecule has 28 heavy (non-hydrogen) atoms. The first kappa shape index (κ1) is 19.5. The van der Waals surface area contributed by atoms with E-state index in [9.17, 15) is 18.4 Å². The van der Waals surface area contributed by atoms with Crippen molar-refractivity contribution >= 4 is 17.5 Å². The summed E-state index contributed by atoms with van der Waals surface area (Å²) in [6.45, 7) is 0.131. The highest BCUT2D eigenvalue weighted by molar-refractivity contribution is 6.15. The third kappa shape index (κ3) is 3.85. The number of rotatable bonds is 6. The summed E-state index contributed by atoms with van der Waals surface area (Å²) in [6, 6.07) is 2.89. The maximum Gasteiger partial charge on any atom is 0.273 e. The summed E-state index contributed by atoms with van der Waals surface area (Å²) in [5.74, 6) is -2.35. The summed E-state index contributed by atoms with van der Waals surface area (Å²) >= 11 is 0. The van der Waals surface area contributed by atoms with Crippen LogP contribution in [0.1, 0.15) is 16.8 Å². The van der Waals surface area contributed by atoms with Crippen LogP contribution in [0.5, 0.6) is 0 Å². The molecule has 146 valence electrons. The van der Waals surface area contributed by atoms with Gasteiger partial charge in [-0.1, -0.05) is 6.08 Å². The van der Waals surface area contributed by atoms with Crippen molar-refractivity contribution in [2.24, 2.45) is 10.9 Å².